The van der Waals surface area contributed by atoms with Crippen LogP contribution in [0.4, 0.5) is 5.69 Å². The lowest BCUT2D eigenvalue weighted by molar-refractivity contribution is -0.118. The molecule has 5 heteroatoms. The first-order valence-electron chi connectivity index (χ1n) is 6.83. The lowest BCUT2D eigenvalue weighted by atomic mass is 9.99. The van der Waals surface area contributed by atoms with Crippen LogP contribution in [0.5, 0.6) is 0 Å². The number of rotatable bonds is 6. The van der Waals surface area contributed by atoms with Crippen molar-refractivity contribution in [2.45, 2.75) is 39.7 Å². The fourth-order valence-electron chi connectivity index (χ4n) is 1.83. The molecule has 0 saturated heterocycles. The van der Waals surface area contributed by atoms with E-state index in [1.165, 1.54) is 0 Å². The lowest BCUT2D eigenvalue weighted by Gasteiger charge is -2.18. The van der Waals surface area contributed by atoms with Crippen LogP contribution in [0.25, 0.3) is 0 Å². The number of amides is 1. The van der Waals surface area contributed by atoms with E-state index in [4.69, 9.17) is 5.73 Å². The van der Waals surface area contributed by atoms with Crippen molar-refractivity contribution in [2.24, 2.45) is 11.7 Å². The van der Waals surface area contributed by atoms with Crippen LogP contribution in [0.1, 0.15) is 43.1 Å². The lowest BCUT2D eigenvalue weighted by Crippen LogP contribution is -2.40. The second-order valence-electron chi connectivity index (χ2n) is 4.94. The largest absolute Gasteiger partial charge is 0.478 e. The molecule has 110 valence electrons. The number of nitrogens with two attached hydrogens (primary N) is 1. The first-order valence-corrected chi connectivity index (χ1v) is 6.83. The smallest absolute Gasteiger partial charge is 0.337 e. The van der Waals surface area contributed by atoms with E-state index in [2.05, 4.69) is 5.32 Å². The van der Waals surface area contributed by atoms with Gasteiger partial charge in [0.05, 0.1) is 17.3 Å². The number of nitrogens with one attached hydrogen (secondary N) is 1. The Kier molecular flexibility index (Phi) is 5.70. The van der Waals surface area contributed by atoms with Gasteiger partial charge in [-0.3, -0.25) is 4.79 Å². The standard InChI is InChI=1S/C15H22N2O3/c1-4-9(3)13(16)14(18)17-12-7-6-10(5-2)8-11(12)15(19)20/h6-9,13H,4-5,16H2,1-3H3,(H,17,18)(H,19,20)/t9?,13-/m0/s1. The summed E-state index contributed by atoms with van der Waals surface area (Å²) in [4.78, 5) is 23.3. The van der Waals surface area contributed by atoms with Crippen molar-refractivity contribution in [3.63, 3.8) is 0 Å². The molecule has 1 unspecified atom stereocenters. The van der Waals surface area contributed by atoms with Gasteiger partial charge in [0.1, 0.15) is 0 Å². The van der Waals surface area contributed by atoms with Gasteiger partial charge in [0.15, 0.2) is 0 Å². The number of carbonyl (C=O) groups excluding carboxylic acids is 1. The first kappa shape index (κ1) is 16.2. The van der Waals surface area contributed by atoms with E-state index in [-0.39, 0.29) is 17.4 Å². The first-order chi connectivity index (χ1) is 9.40. The molecule has 5 nitrogen and oxygen atoms in total. The van der Waals surface area contributed by atoms with Gasteiger partial charge in [-0.1, -0.05) is 33.3 Å². The molecule has 0 saturated carbocycles. The zero-order chi connectivity index (χ0) is 15.3. The predicted octanol–water partition coefficient (Wildman–Crippen LogP) is 2.26. The normalized spacial score (nSPS) is 13.6. The van der Waals surface area contributed by atoms with Gasteiger partial charge >= 0.3 is 5.97 Å². The third-order valence-electron chi connectivity index (χ3n) is 3.54. The van der Waals surface area contributed by atoms with Crippen molar-refractivity contribution >= 4 is 17.6 Å². The molecule has 20 heavy (non-hydrogen) atoms. The van der Waals surface area contributed by atoms with Crippen LogP contribution < -0.4 is 11.1 Å². The predicted molar refractivity (Wildman–Crippen MR) is 78.8 cm³/mol. The third kappa shape index (κ3) is 3.81. The Morgan fingerprint density at radius 2 is 2.00 bits per heavy atom. The maximum atomic E-state index is 12.0. The summed E-state index contributed by atoms with van der Waals surface area (Å²) in [5.41, 5.74) is 7.13. The van der Waals surface area contributed by atoms with Crippen LogP contribution in [0.3, 0.4) is 0 Å². The summed E-state index contributed by atoms with van der Waals surface area (Å²) in [6.07, 6.45) is 1.52. The molecule has 0 aliphatic carbocycles. The van der Waals surface area contributed by atoms with Gasteiger partial charge in [0.25, 0.3) is 0 Å². The molecular formula is C15H22N2O3. The highest BCUT2D eigenvalue weighted by Gasteiger charge is 2.21. The highest BCUT2D eigenvalue weighted by Crippen LogP contribution is 2.19. The van der Waals surface area contributed by atoms with E-state index < -0.39 is 12.0 Å². The van der Waals surface area contributed by atoms with Crippen molar-refractivity contribution in [1.82, 2.24) is 0 Å². The Labute approximate surface area is 119 Å². The van der Waals surface area contributed by atoms with Crippen LogP contribution in [-0.2, 0) is 11.2 Å². The summed E-state index contributed by atoms with van der Waals surface area (Å²) in [7, 11) is 0. The highest BCUT2D eigenvalue weighted by molar-refractivity contribution is 6.02. The number of anilines is 1. The molecular weight excluding hydrogens is 256 g/mol. The van der Waals surface area contributed by atoms with Crippen molar-refractivity contribution in [1.29, 1.82) is 0 Å². The van der Waals surface area contributed by atoms with Crippen molar-refractivity contribution in [2.75, 3.05) is 5.32 Å². The van der Waals surface area contributed by atoms with Crippen molar-refractivity contribution in [3.8, 4) is 0 Å². The molecule has 2 atom stereocenters. The SMILES string of the molecule is CCc1ccc(NC(=O)[C@@H](N)C(C)CC)c(C(=O)O)c1. The van der Waals surface area contributed by atoms with Crippen LogP contribution in [0, 0.1) is 5.92 Å². The van der Waals surface area contributed by atoms with E-state index in [1.54, 1.807) is 18.2 Å². The van der Waals surface area contributed by atoms with E-state index in [9.17, 15) is 14.7 Å². The van der Waals surface area contributed by atoms with Gasteiger partial charge in [-0.15, -0.1) is 0 Å². The molecule has 0 spiro atoms. The minimum atomic E-state index is -1.06. The van der Waals surface area contributed by atoms with Gasteiger partial charge in [-0.25, -0.2) is 4.79 Å². The third-order valence-corrected chi connectivity index (χ3v) is 3.54. The Balaban J connectivity index is 2.97. The molecule has 0 aliphatic rings. The molecule has 0 fully saturated rings. The molecule has 0 heterocycles. The maximum absolute atomic E-state index is 12.0. The maximum Gasteiger partial charge on any atom is 0.337 e. The number of hydrogen-bond acceptors (Lipinski definition) is 3. The van der Waals surface area contributed by atoms with Gasteiger partial charge in [-0.2, -0.15) is 0 Å². The van der Waals surface area contributed by atoms with E-state index in [0.717, 1.165) is 18.4 Å². The van der Waals surface area contributed by atoms with E-state index >= 15 is 0 Å². The molecule has 0 aromatic heterocycles. The number of carboxylic acid groups (broad SMARTS) is 1. The molecule has 1 aromatic rings. The Morgan fingerprint density at radius 1 is 1.35 bits per heavy atom. The van der Waals surface area contributed by atoms with Crippen LogP contribution >= 0.6 is 0 Å². The number of hydrogen-bond donors (Lipinski definition) is 3. The molecule has 0 bridgehead atoms. The highest BCUT2D eigenvalue weighted by atomic mass is 16.4. The van der Waals surface area contributed by atoms with Gasteiger partial charge < -0.3 is 16.2 Å². The summed E-state index contributed by atoms with van der Waals surface area (Å²) in [5, 5.41) is 11.8. The fraction of sp³-hybridized carbons (Fsp3) is 0.467. The average Bonchev–Trinajstić information content (AvgIpc) is 2.45. The number of aromatic carboxylic acids is 1. The number of benzene rings is 1. The Hall–Kier alpha value is -1.88. The van der Waals surface area contributed by atoms with Crippen LogP contribution in [0.2, 0.25) is 0 Å². The second kappa shape index (κ2) is 7.05. The minimum absolute atomic E-state index is 0.0400. The number of carbonyl (C=O) groups is 2. The fourth-order valence-corrected chi connectivity index (χ4v) is 1.83. The van der Waals surface area contributed by atoms with E-state index in [0.29, 0.717) is 5.69 Å². The number of carboxylic acids is 1. The van der Waals surface area contributed by atoms with E-state index in [1.807, 2.05) is 20.8 Å². The molecule has 1 aromatic carbocycles. The summed E-state index contributed by atoms with van der Waals surface area (Å²) in [6, 6.07) is 4.35. The molecule has 0 radical (unpaired) electrons. The second-order valence-corrected chi connectivity index (χ2v) is 4.94. The Bertz CT molecular complexity index is 500. The van der Waals surface area contributed by atoms with Crippen molar-refractivity contribution in [3.05, 3.63) is 29.3 Å². The summed E-state index contributed by atoms with van der Waals surface area (Å²) in [5.74, 6) is -1.38. The van der Waals surface area contributed by atoms with Gasteiger partial charge in [0.2, 0.25) is 5.91 Å². The van der Waals surface area contributed by atoms with Crippen molar-refractivity contribution < 1.29 is 14.7 Å². The van der Waals surface area contributed by atoms with Gasteiger partial charge in [0, 0.05) is 0 Å². The zero-order valence-electron chi connectivity index (χ0n) is 12.1. The zero-order valence-corrected chi connectivity index (χ0v) is 12.1. The molecule has 1 amide bonds. The quantitative estimate of drug-likeness (QED) is 0.744. The summed E-state index contributed by atoms with van der Waals surface area (Å²) < 4.78 is 0. The Morgan fingerprint density at radius 3 is 2.50 bits per heavy atom. The summed E-state index contributed by atoms with van der Waals surface area (Å²) >= 11 is 0. The minimum Gasteiger partial charge on any atom is -0.478 e. The molecule has 4 N–H and O–H groups in total. The van der Waals surface area contributed by atoms with Crippen LogP contribution in [0.15, 0.2) is 18.2 Å². The van der Waals surface area contributed by atoms with Gasteiger partial charge in [-0.05, 0) is 30.0 Å². The number of aryl methyl sites for hydroxylation is 1. The molecule has 0 aliphatic heterocycles. The average molecular weight is 278 g/mol. The summed E-state index contributed by atoms with van der Waals surface area (Å²) in [6.45, 7) is 5.79. The topological polar surface area (TPSA) is 92.4 Å². The molecule has 1 rings (SSSR count). The van der Waals surface area contributed by atoms with Crippen LogP contribution in [-0.4, -0.2) is 23.0 Å². The monoisotopic (exact) mass is 278 g/mol.